The molecule has 2 heterocycles. The van der Waals surface area contributed by atoms with Gasteiger partial charge in [0.15, 0.2) is 0 Å². The largest absolute Gasteiger partial charge is 0.301 e. The molecule has 2 aromatic heterocycles. The number of pyridine rings is 1. The summed E-state index contributed by atoms with van der Waals surface area (Å²) in [6.45, 7) is 2.08. The van der Waals surface area contributed by atoms with Crippen LogP contribution in [0.4, 0.5) is 0 Å². The third-order valence-electron chi connectivity index (χ3n) is 2.75. The summed E-state index contributed by atoms with van der Waals surface area (Å²) < 4.78 is 2.11. The number of para-hydroxylation sites is 1. The number of aromatic nitrogens is 2. The van der Waals surface area contributed by atoms with Crippen molar-refractivity contribution < 1.29 is 0 Å². The number of fused-ring (bicyclic) bond motifs is 1. The Labute approximate surface area is 94.2 Å². The Bertz CT molecular complexity index is 638. The fourth-order valence-corrected chi connectivity index (χ4v) is 1.93. The fourth-order valence-electron chi connectivity index (χ4n) is 1.93. The first-order valence-corrected chi connectivity index (χ1v) is 5.34. The Kier molecular flexibility index (Phi) is 2.00. The molecule has 1 aromatic carbocycles. The topological polar surface area (TPSA) is 17.8 Å². The van der Waals surface area contributed by atoms with Crippen LogP contribution >= 0.6 is 0 Å². The van der Waals surface area contributed by atoms with E-state index in [-0.39, 0.29) is 0 Å². The van der Waals surface area contributed by atoms with E-state index >= 15 is 0 Å². The van der Waals surface area contributed by atoms with E-state index < -0.39 is 0 Å². The molecule has 3 rings (SSSR count). The van der Waals surface area contributed by atoms with Crippen molar-refractivity contribution in [3.63, 3.8) is 0 Å². The number of hydrogen-bond donors (Lipinski definition) is 0. The zero-order valence-corrected chi connectivity index (χ0v) is 9.09. The minimum atomic E-state index is 0.973. The zero-order chi connectivity index (χ0) is 11.0. The van der Waals surface area contributed by atoms with Gasteiger partial charge in [-0.15, -0.1) is 0 Å². The van der Waals surface area contributed by atoms with Crippen molar-refractivity contribution in [3.8, 4) is 5.82 Å². The molecule has 0 N–H and O–H groups in total. The number of benzene rings is 1. The number of nitrogens with zero attached hydrogens (tertiary/aromatic N) is 2. The van der Waals surface area contributed by atoms with Crippen LogP contribution in [-0.2, 0) is 0 Å². The van der Waals surface area contributed by atoms with Crippen molar-refractivity contribution in [2.24, 2.45) is 0 Å². The summed E-state index contributed by atoms with van der Waals surface area (Å²) in [5, 5.41) is 1.24. The van der Waals surface area contributed by atoms with E-state index in [1.54, 1.807) is 0 Å². The first kappa shape index (κ1) is 9.16. The lowest BCUT2D eigenvalue weighted by Crippen LogP contribution is -1.95. The van der Waals surface area contributed by atoms with Gasteiger partial charge in [-0.05, 0) is 42.1 Å². The maximum absolute atomic E-state index is 4.40. The summed E-state index contributed by atoms with van der Waals surface area (Å²) in [7, 11) is 0. The van der Waals surface area contributed by atoms with Crippen LogP contribution in [0.15, 0.2) is 54.9 Å². The van der Waals surface area contributed by atoms with Gasteiger partial charge in [-0.3, -0.25) is 0 Å². The van der Waals surface area contributed by atoms with E-state index in [0.717, 1.165) is 5.82 Å². The van der Waals surface area contributed by atoms with Crippen molar-refractivity contribution in [2.45, 2.75) is 6.92 Å². The molecule has 2 heteroatoms. The maximum Gasteiger partial charge on any atom is 0.137 e. The summed E-state index contributed by atoms with van der Waals surface area (Å²) in [5.41, 5.74) is 2.42. The third-order valence-corrected chi connectivity index (χ3v) is 2.75. The Morgan fingerprint density at radius 2 is 1.94 bits per heavy atom. The maximum atomic E-state index is 4.40. The van der Waals surface area contributed by atoms with Gasteiger partial charge in [-0.25, -0.2) is 4.98 Å². The first-order chi connectivity index (χ1) is 7.84. The van der Waals surface area contributed by atoms with Gasteiger partial charge in [0, 0.05) is 12.4 Å². The van der Waals surface area contributed by atoms with Crippen LogP contribution in [0, 0.1) is 6.92 Å². The van der Waals surface area contributed by atoms with Crippen LogP contribution in [0.1, 0.15) is 5.56 Å². The molecular weight excluding hydrogens is 196 g/mol. The molecule has 0 amide bonds. The van der Waals surface area contributed by atoms with Gasteiger partial charge in [0.05, 0.1) is 5.52 Å². The second-order valence-corrected chi connectivity index (χ2v) is 3.94. The SMILES string of the molecule is Cc1ccnc(-n2ccc3ccccc32)c1. The average molecular weight is 208 g/mol. The normalized spacial score (nSPS) is 10.8. The molecule has 0 aliphatic heterocycles. The van der Waals surface area contributed by atoms with Crippen molar-refractivity contribution in [1.29, 1.82) is 0 Å². The molecule has 0 atom stereocenters. The van der Waals surface area contributed by atoms with Crippen molar-refractivity contribution >= 4 is 10.9 Å². The molecule has 0 unspecified atom stereocenters. The van der Waals surface area contributed by atoms with Crippen LogP contribution in [0.25, 0.3) is 16.7 Å². The molecular formula is C14H12N2. The minimum absolute atomic E-state index is 0.973. The third kappa shape index (κ3) is 1.39. The van der Waals surface area contributed by atoms with Crippen LogP contribution < -0.4 is 0 Å². The molecule has 0 fully saturated rings. The molecule has 3 aromatic rings. The van der Waals surface area contributed by atoms with Gasteiger partial charge in [0.25, 0.3) is 0 Å². The van der Waals surface area contributed by atoms with Gasteiger partial charge >= 0.3 is 0 Å². The van der Waals surface area contributed by atoms with E-state index in [2.05, 4.69) is 59.1 Å². The lowest BCUT2D eigenvalue weighted by molar-refractivity contribution is 1.04. The second-order valence-electron chi connectivity index (χ2n) is 3.94. The fraction of sp³-hybridized carbons (Fsp3) is 0.0714. The van der Waals surface area contributed by atoms with Gasteiger partial charge < -0.3 is 4.57 Å². The highest BCUT2D eigenvalue weighted by Gasteiger charge is 2.02. The highest BCUT2D eigenvalue weighted by atomic mass is 15.0. The Balaban J connectivity index is 2.26. The standard InChI is InChI=1S/C14H12N2/c1-11-6-8-15-14(10-11)16-9-7-12-4-2-3-5-13(12)16/h2-10H,1H3. The average Bonchev–Trinajstić information content (AvgIpc) is 2.72. The number of rotatable bonds is 1. The Hall–Kier alpha value is -2.09. The Morgan fingerprint density at radius 1 is 1.06 bits per heavy atom. The summed E-state index contributed by atoms with van der Waals surface area (Å²) >= 11 is 0. The molecule has 78 valence electrons. The molecule has 0 aliphatic rings. The van der Waals surface area contributed by atoms with Gasteiger partial charge in [-0.2, -0.15) is 0 Å². The van der Waals surface area contributed by atoms with Crippen LogP contribution in [0.3, 0.4) is 0 Å². The first-order valence-electron chi connectivity index (χ1n) is 5.34. The number of hydrogen-bond acceptors (Lipinski definition) is 1. The van der Waals surface area contributed by atoms with E-state index in [9.17, 15) is 0 Å². The van der Waals surface area contributed by atoms with E-state index in [1.807, 2.05) is 12.3 Å². The predicted molar refractivity (Wildman–Crippen MR) is 65.8 cm³/mol. The van der Waals surface area contributed by atoms with Crippen LogP contribution in [-0.4, -0.2) is 9.55 Å². The monoisotopic (exact) mass is 208 g/mol. The summed E-state index contributed by atoms with van der Waals surface area (Å²) in [6.07, 6.45) is 3.91. The second kappa shape index (κ2) is 3.49. The van der Waals surface area contributed by atoms with Crippen LogP contribution in [0.2, 0.25) is 0 Å². The number of aryl methyl sites for hydroxylation is 1. The zero-order valence-electron chi connectivity index (χ0n) is 9.09. The quantitative estimate of drug-likeness (QED) is 0.599. The molecule has 0 bridgehead atoms. The summed E-state index contributed by atoms with van der Waals surface area (Å²) in [6, 6.07) is 14.5. The molecule has 0 spiro atoms. The lowest BCUT2D eigenvalue weighted by atomic mass is 10.2. The molecule has 0 radical (unpaired) electrons. The van der Waals surface area contributed by atoms with E-state index in [4.69, 9.17) is 0 Å². The predicted octanol–water partition coefficient (Wildman–Crippen LogP) is 3.33. The molecule has 2 nitrogen and oxygen atoms in total. The van der Waals surface area contributed by atoms with Gasteiger partial charge in [0.2, 0.25) is 0 Å². The summed E-state index contributed by atoms with van der Waals surface area (Å²) in [5.74, 6) is 0.973. The van der Waals surface area contributed by atoms with Gasteiger partial charge in [0.1, 0.15) is 5.82 Å². The van der Waals surface area contributed by atoms with Crippen molar-refractivity contribution in [3.05, 3.63) is 60.4 Å². The molecule has 0 aliphatic carbocycles. The van der Waals surface area contributed by atoms with Crippen molar-refractivity contribution in [1.82, 2.24) is 9.55 Å². The van der Waals surface area contributed by atoms with E-state index in [0.29, 0.717) is 0 Å². The van der Waals surface area contributed by atoms with Crippen molar-refractivity contribution in [2.75, 3.05) is 0 Å². The molecule has 0 saturated carbocycles. The van der Waals surface area contributed by atoms with Gasteiger partial charge in [-0.1, -0.05) is 18.2 Å². The lowest BCUT2D eigenvalue weighted by Gasteiger charge is -2.04. The van der Waals surface area contributed by atoms with E-state index in [1.165, 1.54) is 16.5 Å². The highest BCUT2D eigenvalue weighted by molar-refractivity contribution is 5.81. The summed E-state index contributed by atoms with van der Waals surface area (Å²) in [4.78, 5) is 4.40. The molecule has 16 heavy (non-hydrogen) atoms. The van der Waals surface area contributed by atoms with Crippen LogP contribution in [0.5, 0.6) is 0 Å². The highest BCUT2D eigenvalue weighted by Crippen LogP contribution is 2.19. The minimum Gasteiger partial charge on any atom is -0.301 e. The molecule has 0 saturated heterocycles. The smallest absolute Gasteiger partial charge is 0.137 e. The Morgan fingerprint density at radius 3 is 2.81 bits per heavy atom.